The van der Waals surface area contributed by atoms with Gasteiger partial charge in [0.15, 0.2) is 0 Å². The third-order valence-corrected chi connectivity index (χ3v) is 5.41. The van der Waals surface area contributed by atoms with Crippen molar-refractivity contribution in [2.45, 2.75) is 44.0 Å². The second-order valence-electron chi connectivity index (χ2n) is 7.33. The molecule has 1 saturated heterocycles. The first-order valence-electron chi connectivity index (χ1n) is 10.1. The lowest BCUT2D eigenvalue weighted by Crippen LogP contribution is -2.33. The van der Waals surface area contributed by atoms with Gasteiger partial charge in [-0.15, -0.1) is 0 Å². The SMILES string of the molecule is CO/N=C/CCOc1ccc(Cc2cc(C3CC(O)CC(CO)O3)ccc2Cl)cc1. The molecule has 0 spiro atoms. The van der Waals surface area contributed by atoms with E-state index >= 15 is 0 Å². The molecule has 162 valence electrons. The van der Waals surface area contributed by atoms with Crippen molar-refractivity contribution < 1.29 is 24.5 Å². The molecule has 1 aliphatic rings. The second-order valence-corrected chi connectivity index (χ2v) is 7.74. The van der Waals surface area contributed by atoms with E-state index in [9.17, 15) is 10.2 Å². The second kappa shape index (κ2) is 11.3. The normalized spacial score (nSPS) is 21.7. The van der Waals surface area contributed by atoms with E-state index in [1.807, 2.05) is 42.5 Å². The van der Waals surface area contributed by atoms with Gasteiger partial charge in [0.1, 0.15) is 12.9 Å². The topological polar surface area (TPSA) is 80.5 Å². The Kier molecular flexibility index (Phi) is 8.51. The Morgan fingerprint density at radius 2 is 2.00 bits per heavy atom. The molecule has 1 heterocycles. The highest BCUT2D eigenvalue weighted by molar-refractivity contribution is 6.31. The van der Waals surface area contributed by atoms with Crippen molar-refractivity contribution in [2.24, 2.45) is 5.16 Å². The zero-order valence-corrected chi connectivity index (χ0v) is 17.8. The van der Waals surface area contributed by atoms with E-state index in [4.69, 9.17) is 21.1 Å². The Labute approximate surface area is 182 Å². The molecule has 0 saturated carbocycles. The summed E-state index contributed by atoms with van der Waals surface area (Å²) >= 11 is 6.43. The Hall–Kier alpha value is -2.12. The molecule has 2 N–H and O–H groups in total. The van der Waals surface area contributed by atoms with Crippen molar-refractivity contribution in [3.8, 4) is 5.75 Å². The van der Waals surface area contributed by atoms with Crippen molar-refractivity contribution in [1.82, 2.24) is 0 Å². The van der Waals surface area contributed by atoms with Crippen LogP contribution in [-0.2, 0) is 16.0 Å². The van der Waals surface area contributed by atoms with E-state index in [2.05, 4.69) is 9.99 Å². The lowest BCUT2D eigenvalue weighted by Gasteiger charge is -2.32. The van der Waals surface area contributed by atoms with Gasteiger partial charge in [-0.25, -0.2) is 0 Å². The van der Waals surface area contributed by atoms with Gasteiger partial charge in [0.2, 0.25) is 0 Å². The number of nitrogens with zero attached hydrogens (tertiary/aromatic N) is 1. The van der Waals surface area contributed by atoms with Gasteiger partial charge in [-0.2, -0.15) is 0 Å². The van der Waals surface area contributed by atoms with Gasteiger partial charge in [0.25, 0.3) is 0 Å². The molecule has 2 aromatic rings. The molecule has 0 amide bonds. The molecule has 3 rings (SSSR count). The largest absolute Gasteiger partial charge is 0.493 e. The van der Waals surface area contributed by atoms with Crippen molar-refractivity contribution in [3.63, 3.8) is 0 Å². The number of aliphatic hydroxyl groups is 2. The first-order chi connectivity index (χ1) is 14.6. The maximum atomic E-state index is 10.1. The van der Waals surface area contributed by atoms with Crippen molar-refractivity contribution in [2.75, 3.05) is 20.3 Å². The third kappa shape index (κ3) is 6.44. The minimum Gasteiger partial charge on any atom is -0.493 e. The fraction of sp³-hybridized carbons (Fsp3) is 0.435. The number of aliphatic hydroxyl groups excluding tert-OH is 2. The Morgan fingerprint density at radius 3 is 2.73 bits per heavy atom. The molecule has 0 radical (unpaired) electrons. The van der Waals surface area contributed by atoms with Gasteiger partial charge in [-0.1, -0.05) is 41.0 Å². The molecule has 7 heteroatoms. The monoisotopic (exact) mass is 433 g/mol. The minimum absolute atomic E-state index is 0.0956. The average Bonchev–Trinajstić information content (AvgIpc) is 2.75. The fourth-order valence-corrected chi connectivity index (χ4v) is 3.72. The molecule has 1 aliphatic heterocycles. The number of halogens is 1. The minimum atomic E-state index is -0.478. The van der Waals surface area contributed by atoms with E-state index in [0.29, 0.717) is 37.3 Å². The first kappa shape index (κ1) is 22.6. The van der Waals surface area contributed by atoms with Crippen LogP contribution in [0.4, 0.5) is 0 Å². The van der Waals surface area contributed by atoms with Gasteiger partial charge >= 0.3 is 0 Å². The lowest BCUT2D eigenvalue weighted by molar-refractivity contribution is -0.113. The van der Waals surface area contributed by atoms with Gasteiger partial charge in [-0.3, -0.25) is 0 Å². The summed E-state index contributed by atoms with van der Waals surface area (Å²) in [4.78, 5) is 4.61. The van der Waals surface area contributed by atoms with Crippen LogP contribution in [0.3, 0.4) is 0 Å². The zero-order chi connectivity index (χ0) is 21.3. The zero-order valence-electron chi connectivity index (χ0n) is 17.0. The van der Waals surface area contributed by atoms with Gasteiger partial charge in [-0.05, 0) is 41.3 Å². The van der Waals surface area contributed by atoms with Crippen LogP contribution >= 0.6 is 11.6 Å². The molecule has 0 bridgehead atoms. The summed E-state index contributed by atoms with van der Waals surface area (Å²) < 4.78 is 11.6. The highest BCUT2D eigenvalue weighted by atomic mass is 35.5. The summed E-state index contributed by atoms with van der Waals surface area (Å²) in [6, 6.07) is 13.7. The van der Waals surface area contributed by atoms with Gasteiger partial charge < -0.3 is 24.5 Å². The maximum absolute atomic E-state index is 10.1. The number of hydrogen-bond acceptors (Lipinski definition) is 6. The van der Waals surface area contributed by atoms with E-state index < -0.39 is 6.10 Å². The first-order valence-corrected chi connectivity index (χ1v) is 10.5. The van der Waals surface area contributed by atoms with E-state index in [0.717, 1.165) is 22.4 Å². The molecule has 30 heavy (non-hydrogen) atoms. The molecular weight excluding hydrogens is 406 g/mol. The quantitative estimate of drug-likeness (QED) is 0.356. The molecule has 0 aromatic heterocycles. The summed E-state index contributed by atoms with van der Waals surface area (Å²) in [6.07, 6.45) is 2.92. The molecular formula is C23H28ClNO5. The van der Waals surface area contributed by atoms with Crippen molar-refractivity contribution in [1.29, 1.82) is 0 Å². The number of rotatable bonds is 9. The van der Waals surface area contributed by atoms with Crippen LogP contribution in [0, 0.1) is 0 Å². The number of oxime groups is 1. The highest BCUT2D eigenvalue weighted by Crippen LogP contribution is 2.33. The van der Waals surface area contributed by atoms with Gasteiger partial charge in [0, 0.05) is 30.5 Å². The molecule has 0 aliphatic carbocycles. The Bertz CT molecular complexity index is 827. The summed E-state index contributed by atoms with van der Waals surface area (Å²) in [6.45, 7) is 0.434. The predicted octanol–water partition coefficient (Wildman–Crippen LogP) is 3.91. The summed E-state index contributed by atoms with van der Waals surface area (Å²) in [5.74, 6) is 0.795. The van der Waals surface area contributed by atoms with Crippen LogP contribution < -0.4 is 4.74 Å². The van der Waals surface area contributed by atoms with E-state index in [-0.39, 0.29) is 18.8 Å². The Balaban J connectivity index is 1.63. The Morgan fingerprint density at radius 1 is 1.20 bits per heavy atom. The van der Waals surface area contributed by atoms with Gasteiger partial charge in [0.05, 0.1) is 31.5 Å². The number of benzene rings is 2. The maximum Gasteiger partial charge on any atom is 0.119 e. The predicted molar refractivity (Wildman–Crippen MR) is 116 cm³/mol. The van der Waals surface area contributed by atoms with Crippen molar-refractivity contribution >= 4 is 17.8 Å². The molecule has 3 unspecified atom stereocenters. The number of ether oxygens (including phenoxy) is 2. The molecule has 2 aromatic carbocycles. The standard InChI is InChI=1S/C23H28ClNO5/c1-28-25-9-2-10-29-20-6-3-16(4-7-20)11-18-12-17(5-8-22(18)24)23-14-19(27)13-21(15-26)30-23/h3-9,12,19,21,23,26-27H,2,10-11,13-15H2,1H3/b25-9+. The molecule has 3 atom stereocenters. The van der Waals surface area contributed by atoms with Crippen LogP contribution in [0.15, 0.2) is 47.6 Å². The lowest BCUT2D eigenvalue weighted by atomic mass is 9.94. The van der Waals surface area contributed by atoms with E-state index in [1.165, 1.54) is 7.11 Å². The highest BCUT2D eigenvalue weighted by Gasteiger charge is 2.29. The third-order valence-electron chi connectivity index (χ3n) is 5.04. The van der Waals surface area contributed by atoms with Crippen LogP contribution in [0.2, 0.25) is 5.02 Å². The summed E-state index contributed by atoms with van der Waals surface area (Å²) in [5.41, 5.74) is 3.06. The molecule has 6 nitrogen and oxygen atoms in total. The van der Waals surface area contributed by atoms with E-state index in [1.54, 1.807) is 6.21 Å². The number of hydrogen-bond donors (Lipinski definition) is 2. The molecule has 1 fully saturated rings. The fourth-order valence-electron chi connectivity index (χ4n) is 3.53. The van der Waals surface area contributed by atoms with Crippen LogP contribution in [0.1, 0.15) is 42.1 Å². The van der Waals surface area contributed by atoms with Crippen LogP contribution in [-0.4, -0.2) is 49.0 Å². The smallest absolute Gasteiger partial charge is 0.119 e. The van der Waals surface area contributed by atoms with Crippen molar-refractivity contribution in [3.05, 3.63) is 64.2 Å². The summed E-state index contributed by atoms with van der Waals surface area (Å²) in [5, 5.41) is 23.9. The summed E-state index contributed by atoms with van der Waals surface area (Å²) in [7, 11) is 1.51. The average molecular weight is 434 g/mol. The van der Waals surface area contributed by atoms with Crippen LogP contribution in [0.25, 0.3) is 0 Å². The van der Waals surface area contributed by atoms with Crippen LogP contribution in [0.5, 0.6) is 5.75 Å².